The molecule has 1 aromatic carbocycles. The Morgan fingerprint density at radius 3 is 2.67 bits per heavy atom. The number of thiophene rings is 1. The maximum absolute atomic E-state index is 12.5. The fourth-order valence-electron chi connectivity index (χ4n) is 1.83. The van der Waals surface area contributed by atoms with Crippen LogP contribution in [0, 0.1) is 0 Å². The quantitative estimate of drug-likeness (QED) is 0.899. The minimum Gasteiger partial charge on any atom is -0.494 e. The van der Waals surface area contributed by atoms with E-state index in [1.807, 2.05) is 0 Å². The van der Waals surface area contributed by atoms with E-state index >= 15 is 0 Å². The van der Waals surface area contributed by atoms with Gasteiger partial charge in [-0.15, -0.1) is 11.3 Å². The van der Waals surface area contributed by atoms with Gasteiger partial charge in [0.15, 0.2) is 15.6 Å². The van der Waals surface area contributed by atoms with Gasteiger partial charge in [0.1, 0.15) is 10.5 Å². The second-order valence-corrected chi connectivity index (χ2v) is 7.56. The number of carboxylic acid groups (broad SMARTS) is 1. The van der Waals surface area contributed by atoms with Crippen molar-refractivity contribution < 1.29 is 23.1 Å². The van der Waals surface area contributed by atoms with Crippen LogP contribution in [0.3, 0.4) is 0 Å². The second kappa shape index (κ2) is 6.05. The van der Waals surface area contributed by atoms with Crippen LogP contribution < -0.4 is 4.74 Å². The summed E-state index contributed by atoms with van der Waals surface area (Å²) in [7, 11) is -2.54. The lowest BCUT2D eigenvalue weighted by molar-refractivity contribution is 0.0693. The van der Waals surface area contributed by atoms with Gasteiger partial charge >= 0.3 is 5.97 Å². The van der Waals surface area contributed by atoms with Crippen molar-refractivity contribution in [3.8, 4) is 5.75 Å². The highest BCUT2D eigenvalue weighted by atomic mass is 35.5. The number of halogens is 1. The summed E-state index contributed by atoms with van der Waals surface area (Å²) in [5.41, 5.74) is -0.283. The predicted octanol–water partition coefficient (Wildman–Crippen LogP) is 3.08. The van der Waals surface area contributed by atoms with Crippen LogP contribution in [0.5, 0.6) is 5.75 Å². The Balaban J connectivity index is 2.59. The van der Waals surface area contributed by atoms with Crippen LogP contribution in [-0.4, -0.2) is 26.6 Å². The molecule has 0 saturated heterocycles. The van der Waals surface area contributed by atoms with Crippen LogP contribution in [0.25, 0.3) is 0 Å². The lowest BCUT2D eigenvalue weighted by atomic mass is 10.2. The smallest absolute Gasteiger partial charge is 0.339 e. The molecule has 0 aliphatic rings. The molecule has 0 unspecified atom stereocenters. The molecule has 1 aromatic heterocycles. The minimum atomic E-state index is -3.77. The van der Waals surface area contributed by atoms with E-state index in [-0.39, 0.29) is 27.0 Å². The molecule has 0 amide bonds. The van der Waals surface area contributed by atoms with E-state index in [4.69, 9.17) is 21.4 Å². The molecule has 0 radical (unpaired) electrons. The molecule has 21 heavy (non-hydrogen) atoms. The summed E-state index contributed by atoms with van der Waals surface area (Å²) in [5, 5.41) is 10.9. The zero-order chi connectivity index (χ0) is 15.6. The van der Waals surface area contributed by atoms with Crippen LogP contribution in [0.2, 0.25) is 5.02 Å². The summed E-state index contributed by atoms with van der Waals surface area (Å²) >= 11 is 7.13. The summed E-state index contributed by atoms with van der Waals surface area (Å²) in [4.78, 5) is 11.6. The Labute approximate surface area is 130 Å². The standard InChI is InChI=1S/C13H11ClO5S2/c1-19-12-10(13(15)16)5-8(14)6-11(12)21(17,18)7-9-3-2-4-20-9/h2-6H,7H2,1H3,(H,15,16). The van der Waals surface area contributed by atoms with Gasteiger partial charge in [0, 0.05) is 9.90 Å². The van der Waals surface area contributed by atoms with Gasteiger partial charge < -0.3 is 9.84 Å². The first-order chi connectivity index (χ1) is 9.85. The molecule has 5 nitrogen and oxygen atoms in total. The molecule has 0 spiro atoms. The lowest BCUT2D eigenvalue weighted by Crippen LogP contribution is -2.10. The van der Waals surface area contributed by atoms with E-state index in [9.17, 15) is 13.2 Å². The molecule has 0 fully saturated rings. The van der Waals surface area contributed by atoms with Crippen LogP contribution in [0.1, 0.15) is 15.2 Å². The first-order valence-corrected chi connectivity index (χ1v) is 8.62. The summed E-state index contributed by atoms with van der Waals surface area (Å²) in [6, 6.07) is 5.80. The lowest BCUT2D eigenvalue weighted by Gasteiger charge is -2.12. The fraction of sp³-hybridized carbons (Fsp3) is 0.154. The molecular formula is C13H11ClO5S2. The van der Waals surface area contributed by atoms with Crippen molar-refractivity contribution in [3.63, 3.8) is 0 Å². The van der Waals surface area contributed by atoms with Gasteiger partial charge in [-0.25, -0.2) is 13.2 Å². The van der Waals surface area contributed by atoms with Crippen molar-refractivity contribution in [1.82, 2.24) is 0 Å². The third-order valence-electron chi connectivity index (χ3n) is 2.70. The number of hydrogen-bond acceptors (Lipinski definition) is 5. The molecule has 2 rings (SSSR count). The Hall–Kier alpha value is -1.57. The van der Waals surface area contributed by atoms with Gasteiger partial charge in [0.2, 0.25) is 0 Å². The largest absolute Gasteiger partial charge is 0.494 e. The van der Waals surface area contributed by atoms with Crippen molar-refractivity contribution in [2.24, 2.45) is 0 Å². The van der Waals surface area contributed by atoms with Gasteiger partial charge in [-0.2, -0.15) is 0 Å². The first kappa shape index (κ1) is 15.8. The van der Waals surface area contributed by atoms with Crippen LogP contribution in [-0.2, 0) is 15.6 Å². The zero-order valence-electron chi connectivity index (χ0n) is 10.9. The van der Waals surface area contributed by atoms with Crippen molar-refractivity contribution in [3.05, 3.63) is 45.1 Å². The van der Waals surface area contributed by atoms with Crippen molar-refractivity contribution >= 4 is 38.7 Å². The highest BCUT2D eigenvalue weighted by molar-refractivity contribution is 7.90. The predicted molar refractivity (Wildman–Crippen MR) is 80.2 cm³/mol. The average Bonchev–Trinajstić information content (AvgIpc) is 2.89. The van der Waals surface area contributed by atoms with E-state index in [0.29, 0.717) is 4.88 Å². The molecule has 112 valence electrons. The topological polar surface area (TPSA) is 80.7 Å². The van der Waals surface area contributed by atoms with E-state index in [0.717, 1.165) is 6.07 Å². The number of carboxylic acids is 1. The maximum atomic E-state index is 12.5. The summed E-state index contributed by atoms with van der Waals surface area (Å²) in [6.07, 6.45) is 0. The van der Waals surface area contributed by atoms with Crippen molar-refractivity contribution in [1.29, 1.82) is 0 Å². The Kier molecular flexibility index (Phi) is 4.55. The molecule has 8 heteroatoms. The Morgan fingerprint density at radius 1 is 1.43 bits per heavy atom. The molecule has 0 aliphatic carbocycles. The first-order valence-electron chi connectivity index (χ1n) is 5.71. The molecule has 2 aromatic rings. The molecular weight excluding hydrogens is 336 g/mol. The average molecular weight is 347 g/mol. The van der Waals surface area contributed by atoms with E-state index in [1.54, 1.807) is 17.5 Å². The molecule has 0 atom stereocenters. The van der Waals surface area contributed by atoms with Crippen molar-refractivity contribution in [2.45, 2.75) is 10.6 Å². The molecule has 0 bridgehead atoms. The Bertz CT molecular complexity index is 766. The highest BCUT2D eigenvalue weighted by Gasteiger charge is 2.26. The maximum Gasteiger partial charge on any atom is 0.339 e. The fourth-order valence-corrected chi connectivity index (χ4v) is 4.75. The van der Waals surface area contributed by atoms with Gasteiger partial charge in [-0.05, 0) is 23.6 Å². The number of hydrogen-bond donors (Lipinski definition) is 1. The van der Waals surface area contributed by atoms with Gasteiger partial charge in [0.05, 0.1) is 12.9 Å². The number of aromatic carboxylic acids is 1. The number of methoxy groups -OCH3 is 1. The van der Waals surface area contributed by atoms with Gasteiger partial charge in [-0.3, -0.25) is 0 Å². The number of sulfone groups is 1. The third-order valence-corrected chi connectivity index (χ3v) is 5.64. The van der Waals surface area contributed by atoms with Crippen LogP contribution >= 0.6 is 22.9 Å². The second-order valence-electron chi connectivity index (χ2n) is 4.13. The SMILES string of the molecule is COc1c(C(=O)O)cc(Cl)cc1S(=O)(=O)Cc1cccs1. The monoisotopic (exact) mass is 346 g/mol. The van der Waals surface area contributed by atoms with E-state index in [1.165, 1.54) is 24.5 Å². The Morgan fingerprint density at radius 2 is 2.14 bits per heavy atom. The van der Waals surface area contributed by atoms with Crippen LogP contribution in [0.4, 0.5) is 0 Å². The number of rotatable bonds is 5. The van der Waals surface area contributed by atoms with Crippen LogP contribution in [0.15, 0.2) is 34.5 Å². The highest BCUT2D eigenvalue weighted by Crippen LogP contribution is 2.34. The third kappa shape index (κ3) is 3.37. The zero-order valence-corrected chi connectivity index (χ0v) is 13.3. The molecule has 0 aliphatic heterocycles. The summed E-state index contributed by atoms with van der Waals surface area (Å²) in [6.45, 7) is 0. The van der Waals surface area contributed by atoms with Crippen molar-refractivity contribution in [2.75, 3.05) is 7.11 Å². The van der Waals surface area contributed by atoms with E-state index in [2.05, 4.69) is 0 Å². The number of carbonyl (C=O) groups is 1. The number of benzene rings is 1. The summed E-state index contributed by atoms with van der Waals surface area (Å²) < 4.78 is 29.9. The normalized spacial score (nSPS) is 11.3. The summed E-state index contributed by atoms with van der Waals surface area (Å²) in [5.74, 6) is -1.74. The van der Waals surface area contributed by atoms with E-state index < -0.39 is 15.8 Å². The molecule has 1 heterocycles. The number of ether oxygens (including phenoxy) is 1. The molecule has 1 N–H and O–H groups in total. The van der Waals surface area contributed by atoms with Gasteiger partial charge in [0.25, 0.3) is 0 Å². The van der Waals surface area contributed by atoms with Gasteiger partial charge in [-0.1, -0.05) is 17.7 Å². The minimum absolute atomic E-state index is 0.0259. The molecule has 0 saturated carbocycles.